The lowest BCUT2D eigenvalue weighted by Gasteiger charge is -2.04. The van der Waals surface area contributed by atoms with Gasteiger partial charge in [-0.05, 0) is 30.4 Å². The summed E-state index contributed by atoms with van der Waals surface area (Å²) in [6.07, 6.45) is 2.73. The van der Waals surface area contributed by atoms with Gasteiger partial charge in [0, 0.05) is 11.6 Å². The summed E-state index contributed by atoms with van der Waals surface area (Å²) in [6.45, 7) is 0.666. The zero-order valence-corrected chi connectivity index (χ0v) is 10.2. The summed E-state index contributed by atoms with van der Waals surface area (Å²) in [5.41, 5.74) is 1.15. The maximum Gasteiger partial charge on any atom is 0.229 e. The Morgan fingerprint density at radius 2 is 2.33 bits per heavy atom. The van der Waals surface area contributed by atoms with Gasteiger partial charge in [-0.2, -0.15) is 11.8 Å². The average Bonchev–Trinajstić information content (AvgIpc) is 2.18. The number of rotatable bonds is 5. The Morgan fingerprint density at radius 1 is 1.53 bits per heavy atom. The molecule has 15 heavy (non-hydrogen) atoms. The maximum atomic E-state index is 11.1. The molecular formula is C11H14ClNOS. The van der Waals surface area contributed by atoms with E-state index in [0.717, 1.165) is 17.0 Å². The normalized spacial score (nSPS) is 10.0. The number of hydrogen-bond donors (Lipinski definition) is 1. The molecule has 82 valence electrons. The van der Waals surface area contributed by atoms with Crippen molar-refractivity contribution in [3.05, 3.63) is 34.9 Å². The molecule has 0 aliphatic rings. The SMILES string of the molecule is CSCC(=O)NCCc1cccc(Cl)c1. The molecule has 2 nitrogen and oxygen atoms in total. The molecule has 1 N–H and O–H groups in total. The maximum absolute atomic E-state index is 11.1. The van der Waals surface area contributed by atoms with Crippen LogP contribution in [-0.2, 0) is 11.2 Å². The van der Waals surface area contributed by atoms with Gasteiger partial charge in [-0.1, -0.05) is 23.7 Å². The first-order chi connectivity index (χ1) is 7.22. The largest absolute Gasteiger partial charge is 0.355 e. The van der Waals surface area contributed by atoms with Gasteiger partial charge in [0.15, 0.2) is 0 Å². The zero-order valence-electron chi connectivity index (χ0n) is 8.63. The van der Waals surface area contributed by atoms with Crippen LogP contribution >= 0.6 is 23.4 Å². The van der Waals surface area contributed by atoms with Crippen molar-refractivity contribution < 1.29 is 4.79 Å². The van der Waals surface area contributed by atoms with Crippen LogP contribution in [0, 0.1) is 0 Å². The molecule has 0 fully saturated rings. The van der Waals surface area contributed by atoms with Gasteiger partial charge >= 0.3 is 0 Å². The summed E-state index contributed by atoms with van der Waals surface area (Å²) in [5, 5.41) is 3.59. The topological polar surface area (TPSA) is 29.1 Å². The van der Waals surface area contributed by atoms with E-state index in [-0.39, 0.29) is 5.91 Å². The summed E-state index contributed by atoms with van der Waals surface area (Å²) < 4.78 is 0. The number of halogens is 1. The standard InChI is InChI=1S/C11H14ClNOS/c1-15-8-11(14)13-6-5-9-3-2-4-10(12)7-9/h2-4,7H,5-6,8H2,1H3,(H,13,14). The molecule has 0 heterocycles. The van der Waals surface area contributed by atoms with Gasteiger partial charge in [0.05, 0.1) is 5.75 Å². The Hall–Kier alpha value is -0.670. The third kappa shape index (κ3) is 5.09. The van der Waals surface area contributed by atoms with Crippen LogP contribution in [-0.4, -0.2) is 24.5 Å². The Bertz CT molecular complexity index is 330. The highest BCUT2D eigenvalue weighted by Gasteiger charge is 1.99. The Balaban J connectivity index is 2.28. The van der Waals surface area contributed by atoms with Crippen molar-refractivity contribution in [2.45, 2.75) is 6.42 Å². The summed E-state index contributed by atoms with van der Waals surface area (Å²) in [7, 11) is 0. The Labute approximate surface area is 99.4 Å². The number of benzene rings is 1. The molecular weight excluding hydrogens is 230 g/mol. The summed E-state index contributed by atoms with van der Waals surface area (Å²) in [6, 6.07) is 7.69. The predicted molar refractivity (Wildman–Crippen MR) is 66.5 cm³/mol. The van der Waals surface area contributed by atoms with Crippen LogP contribution in [0.25, 0.3) is 0 Å². The molecule has 0 saturated carbocycles. The van der Waals surface area contributed by atoms with E-state index in [1.54, 1.807) is 0 Å². The number of thioether (sulfide) groups is 1. The monoisotopic (exact) mass is 243 g/mol. The fourth-order valence-corrected chi connectivity index (χ4v) is 1.80. The third-order valence-electron chi connectivity index (χ3n) is 1.90. The molecule has 0 unspecified atom stereocenters. The fraction of sp³-hybridized carbons (Fsp3) is 0.364. The van der Waals surface area contributed by atoms with Crippen LogP contribution in [0.3, 0.4) is 0 Å². The first-order valence-electron chi connectivity index (χ1n) is 4.72. The average molecular weight is 244 g/mol. The molecule has 0 atom stereocenters. The molecule has 0 aromatic heterocycles. The zero-order chi connectivity index (χ0) is 11.1. The van der Waals surface area contributed by atoms with E-state index in [1.165, 1.54) is 11.8 Å². The van der Waals surface area contributed by atoms with Gasteiger partial charge < -0.3 is 5.32 Å². The smallest absolute Gasteiger partial charge is 0.229 e. The lowest BCUT2D eigenvalue weighted by Crippen LogP contribution is -2.27. The Morgan fingerprint density at radius 3 is 3.00 bits per heavy atom. The first kappa shape index (κ1) is 12.4. The highest BCUT2D eigenvalue weighted by atomic mass is 35.5. The number of carbonyl (C=O) groups is 1. The second-order valence-electron chi connectivity index (χ2n) is 3.16. The number of amides is 1. The van der Waals surface area contributed by atoms with Crippen molar-refractivity contribution in [1.29, 1.82) is 0 Å². The Kier molecular flexibility index (Phi) is 5.58. The first-order valence-corrected chi connectivity index (χ1v) is 6.49. The summed E-state index contributed by atoms with van der Waals surface area (Å²) >= 11 is 7.37. The van der Waals surface area contributed by atoms with E-state index in [2.05, 4.69) is 5.32 Å². The van der Waals surface area contributed by atoms with E-state index in [1.807, 2.05) is 30.5 Å². The fourth-order valence-electron chi connectivity index (χ4n) is 1.22. The minimum atomic E-state index is 0.0875. The van der Waals surface area contributed by atoms with Crippen LogP contribution in [0.4, 0.5) is 0 Å². The summed E-state index contributed by atoms with van der Waals surface area (Å²) in [4.78, 5) is 11.1. The molecule has 0 radical (unpaired) electrons. The van der Waals surface area contributed by atoms with Gasteiger partial charge in [0.2, 0.25) is 5.91 Å². The number of nitrogens with one attached hydrogen (secondary N) is 1. The van der Waals surface area contributed by atoms with Crippen molar-refractivity contribution in [2.75, 3.05) is 18.6 Å². The molecule has 4 heteroatoms. The van der Waals surface area contributed by atoms with Crippen molar-refractivity contribution in [3.63, 3.8) is 0 Å². The summed E-state index contributed by atoms with van der Waals surface area (Å²) in [5.74, 6) is 0.611. The van der Waals surface area contributed by atoms with E-state index in [9.17, 15) is 4.79 Å². The van der Waals surface area contributed by atoms with Gasteiger partial charge in [-0.25, -0.2) is 0 Å². The van der Waals surface area contributed by atoms with E-state index in [4.69, 9.17) is 11.6 Å². The minimum absolute atomic E-state index is 0.0875. The third-order valence-corrected chi connectivity index (χ3v) is 2.69. The number of carbonyl (C=O) groups excluding carboxylic acids is 1. The van der Waals surface area contributed by atoms with Crippen LogP contribution in [0.15, 0.2) is 24.3 Å². The highest BCUT2D eigenvalue weighted by Crippen LogP contribution is 2.10. The van der Waals surface area contributed by atoms with Crippen LogP contribution in [0.2, 0.25) is 5.02 Å². The van der Waals surface area contributed by atoms with Gasteiger partial charge in [-0.15, -0.1) is 0 Å². The number of hydrogen-bond acceptors (Lipinski definition) is 2. The van der Waals surface area contributed by atoms with E-state index in [0.29, 0.717) is 12.3 Å². The van der Waals surface area contributed by atoms with Gasteiger partial charge in [-0.3, -0.25) is 4.79 Å². The van der Waals surface area contributed by atoms with Crippen molar-refractivity contribution in [3.8, 4) is 0 Å². The van der Waals surface area contributed by atoms with E-state index < -0.39 is 0 Å². The van der Waals surface area contributed by atoms with Gasteiger partial charge in [0.25, 0.3) is 0 Å². The molecule has 1 amide bonds. The van der Waals surface area contributed by atoms with Crippen molar-refractivity contribution in [2.24, 2.45) is 0 Å². The predicted octanol–water partition coefficient (Wildman–Crippen LogP) is 2.36. The van der Waals surface area contributed by atoms with Crippen LogP contribution < -0.4 is 5.32 Å². The molecule has 0 bridgehead atoms. The second-order valence-corrected chi connectivity index (χ2v) is 4.47. The van der Waals surface area contributed by atoms with Crippen molar-refractivity contribution in [1.82, 2.24) is 5.32 Å². The molecule has 0 saturated heterocycles. The molecule has 0 aliphatic heterocycles. The second kappa shape index (κ2) is 6.75. The molecule has 1 rings (SSSR count). The lowest BCUT2D eigenvalue weighted by molar-refractivity contribution is -0.118. The molecule has 1 aromatic rings. The van der Waals surface area contributed by atoms with Gasteiger partial charge in [0.1, 0.15) is 0 Å². The van der Waals surface area contributed by atoms with Crippen LogP contribution in [0.5, 0.6) is 0 Å². The molecule has 0 spiro atoms. The quantitative estimate of drug-likeness (QED) is 0.860. The lowest BCUT2D eigenvalue weighted by atomic mass is 10.1. The van der Waals surface area contributed by atoms with Crippen LogP contribution in [0.1, 0.15) is 5.56 Å². The van der Waals surface area contributed by atoms with E-state index >= 15 is 0 Å². The minimum Gasteiger partial charge on any atom is -0.355 e. The molecule has 0 aliphatic carbocycles. The molecule has 1 aromatic carbocycles. The van der Waals surface area contributed by atoms with Crippen molar-refractivity contribution >= 4 is 29.3 Å². The highest BCUT2D eigenvalue weighted by molar-refractivity contribution is 7.99.